The summed E-state index contributed by atoms with van der Waals surface area (Å²) in [7, 11) is 0. The van der Waals surface area contributed by atoms with Crippen LogP contribution in [0.3, 0.4) is 0 Å². The zero-order chi connectivity index (χ0) is 38.1. The lowest BCUT2D eigenvalue weighted by molar-refractivity contribution is -0.235. The minimum absolute atomic E-state index is 0.00780. The summed E-state index contributed by atoms with van der Waals surface area (Å²) in [5, 5.41) is 25.0. The van der Waals surface area contributed by atoms with Gasteiger partial charge in [0.2, 0.25) is 0 Å². The number of aliphatic hydroxyl groups is 1. The fraction of sp³-hybridized carbons (Fsp3) is 0.756. The van der Waals surface area contributed by atoms with Gasteiger partial charge in [-0.25, -0.2) is 0 Å². The molecule has 0 saturated heterocycles. The minimum atomic E-state index is -0.896. The molecule has 7 nitrogen and oxygen atoms in total. The van der Waals surface area contributed by atoms with Gasteiger partial charge in [-0.15, -0.1) is 0 Å². The Labute approximate surface area is 313 Å². The smallest absolute Gasteiger partial charge is 0.306 e. The maximum absolute atomic E-state index is 14.0. The van der Waals surface area contributed by atoms with E-state index < -0.39 is 22.9 Å². The number of rotatable bonds is 11. The average molecular weight is 718 g/mol. The quantitative estimate of drug-likeness (QED) is 0.196. The zero-order valence-electron chi connectivity index (χ0n) is 33.6. The number of allylic oxidation sites excluding steroid dienone is 1. The predicted molar refractivity (Wildman–Crippen MR) is 204 cm³/mol. The van der Waals surface area contributed by atoms with Gasteiger partial charge in [-0.2, -0.15) is 0 Å². The van der Waals surface area contributed by atoms with Crippen molar-refractivity contribution in [2.45, 2.75) is 152 Å². The van der Waals surface area contributed by atoms with E-state index in [1.54, 1.807) is 0 Å². The van der Waals surface area contributed by atoms with Crippen LogP contribution in [-0.4, -0.2) is 46.7 Å². The predicted octanol–water partition coefficient (Wildman–Crippen LogP) is 8.92. The highest BCUT2D eigenvalue weighted by Gasteiger charge is 2.70. The fourth-order valence-electron chi connectivity index (χ4n) is 13.5. The normalized spacial score (nSPS) is 37.5. The largest absolute Gasteiger partial charge is 0.481 e. The highest BCUT2D eigenvalue weighted by Crippen LogP contribution is 2.77. The lowest BCUT2D eigenvalue weighted by Crippen LogP contribution is -2.66. The van der Waals surface area contributed by atoms with Gasteiger partial charge in [-0.1, -0.05) is 98.2 Å². The van der Waals surface area contributed by atoms with Crippen LogP contribution < -0.4 is 5.32 Å². The molecular formula is C45H67NO6. The molecule has 52 heavy (non-hydrogen) atoms. The molecular weight excluding hydrogens is 650 g/mol. The van der Waals surface area contributed by atoms with Crippen LogP contribution in [0, 0.1) is 56.2 Å². The maximum Gasteiger partial charge on any atom is 0.306 e. The van der Waals surface area contributed by atoms with Gasteiger partial charge in [0.05, 0.1) is 18.9 Å². The molecule has 6 rings (SSSR count). The van der Waals surface area contributed by atoms with Crippen LogP contribution in [0.2, 0.25) is 0 Å². The van der Waals surface area contributed by atoms with Crippen LogP contribution in [0.1, 0.15) is 139 Å². The monoisotopic (exact) mass is 717 g/mol. The molecule has 0 spiro atoms. The van der Waals surface area contributed by atoms with E-state index in [0.717, 1.165) is 56.9 Å². The van der Waals surface area contributed by atoms with Crippen molar-refractivity contribution in [3.63, 3.8) is 0 Å². The van der Waals surface area contributed by atoms with E-state index in [0.29, 0.717) is 31.3 Å². The third-order valence-corrected chi connectivity index (χ3v) is 16.1. The van der Waals surface area contributed by atoms with Crippen molar-refractivity contribution in [2.24, 2.45) is 56.2 Å². The number of ketones is 1. The number of carbonyl (C=O) groups is 3. The van der Waals surface area contributed by atoms with Gasteiger partial charge in [0.1, 0.15) is 6.10 Å². The molecule has 0 aromatic heterocycles. The number of hydrogen-bond donors (Lipinski definition) is 3. The van der Waals surface area contributed by atoms with Crippen LogP contribution in [0.25, 0.3) is 0 Å². The number of esters is 1. The Morgan fingerprint density at radius 1 is 0.904 bits per heavy atom. The molecule has 9 atom stereocenters. The molecule has 0 heterocycles. The van der Waals surface area contributed by atoms with Crippen LogP contribution in [0.5, 0.6) is 0 Å². The van der Waals surface area contributed by atoms with E-state index in [4.69, 9.17) is 4.74 Å². The molecule has 4 fully saturated rings. The molecule has 0 bridgehead atoms. The van der Waals surface area contributed by atoms with Gasteiger partial charge in [0.15, 0.2) is 5.78 Å². The Bertz CT molecular complexity index is 1580. The number of fused-ring (bicyclic) bond motifs is 7. The molecule has 1 aromatic rings. The molecule has 0 aliphatic heterocycles. The molecule has 7 heteroatoms. The first kappa shape index (κ1) is 39.2. The standard InChI is InChI=1S/C45H67NO6/c1-28(2)38-31(47)23-45(34(48)27-46-26-29-13-11-10-12-14-29)22-21-43(8)30(39(38)45)15-16-33-42(7)19-18-35(41(5,6)32(42)17-20-44(33,43)9)52-37(51)25-40(3,4)24-36(49)50/h10-14,28,30,32-35,46,48H,15-27H2,1-9H3,(H,49,50). The summed E-state index contributed by atoms with van der Waals surface area (Å²) in [6, 6.07) is 10.3. The summed E-state index contributed by atoms with van der Waals surface area (Å²) in [6.07, 6.45) is 7.66. The lowest BCUT2D eigenvalue weighted by atomic mass is 9.33. The van der Waals surface area contributed by atoms with Gasteiger partial charge < -0.3 is 20.3 Å². The zero-order valence-corrected chi connectivity index (χ0v) is 33.6. The second-order valence-corrected chi connectivity index (χ2v) is 20.2. The minimum Gasteiger partial charge on any atom is -0.481 e. The molecule has 0 radical (unpaired) electrons. The number of nitrogens with one attached hydrogen (secondary N) is 1. The number of benzene rings is 1. The summed E-state index contributed by atoms with van der Waals surface area (Å²) in [5.41, 5.74) is 2.32. The number of aliphatic carboxylic acids is 1. The third kappa shape index (κ3) is 6.31. The summed E-state index contributed by atoms with van der Waals surface area (Å²) in [5.74, 6) is 0.377. The van der Waals surface area contributed by atoms with Crippen LogP contribution in [0.15, 0.2) is 41.5 Å². The Hall–Kier alpha value is -2.51. The number of Topliss-reactive ketones (excluding diaryl/α,β-unsaturated/α-hetero) is 1. The first-order valence-electron chi connectivity index (χ1n) is 20.3. The van der Waals surface area contributed by atoms with Crippen LogP contribution in [0.4, 0.5) is 0 Å². The first-order valence-corrected chi connectivity index (χ1v) is 20.3. The van der Waals surface area contributed by atoms with Crippen molar-refractivity contribution in [3.05, 3.63) is 47.0 Å². The van der Waals surface area contributed by atoms with E-state index in [1.165, 1.54) is 11.1 Å². The van der Waals surface area contributed by atoms with Gasteiger partial charge in [-0.3, -0.25) is 14.4 Å². The van der Waals surface area contributed by atoms with Crippen molar-refractivity contribution < 1.29 is 29.3 Å². The van der Waals surface area contributed by atoms with Gasteiger partial charge in [0, 0.05) is 30.3 Å². The van der Waals surface area contributed by atoms with Crippen molar-refractivity contribution >= 4 is 17.7 Å². The van der Waals surface area contributed by atoms with Crippen molar-refractivity contribution in [3.8, 4) is 0 Å². The van der Waals surface area contributed by atoms with Crippen LogP contribution in [-0.2, 0) is 25.7 Å². The molecule has 5 aliphatic carbocycles. The fourth-order valence-corrected chi connectivity index (χ4v) is 13.5. The number of carbonyl (C=O) groups excluding carboxylic acids is 2. The Balaban J connectivity index is 1.25. The molecule has 3 N–H and O–H groups in total. The summed E-state index contributed by atoms with van der Waals surface area (Å²) >= 11 is 0. The number of hydrogen-bond acceptors (Lipinski definition) is 6. The third-order valence-electron chi connectivity index (χ3n) is 16.1. The highest BCUT2D eigenvalue weighted by atomic mass is 16.5. The molecule has 0 amide bonds. The van der Waals surface area contributed by atoms with E-state index in [2.05, 4.69) is 65.9 Å². The second-order valence-electron chi connectivity index (χ2n) is 20.2. The number of aliphatic hydroxyl groups excluding tert-OH is 1. The Morgan fingerprint density at radius 3 is 2.25 bits per heavy atom. The Kier molecular flexibility index (Phi) is 10.3. The molecule has 288 valence electrons. The number of carboxylic acids is 1. The van der Waals surface area contributed by atoms with Gasteiger partial charge >= 0.3 is 11.9 Å². The van der Waals surface area contributed by atoms with Gasteiger partial charge in [0.25, 0.3) is 0 Å². The van der Waals surface area contributed by atoms with Crippen molar-refractivity contribution in [1.82, 2.24) is 5.32 Å². The van der Waals surface area contributed by atoms with Crippen molar-refractivity contribution in [2.75, 3.05) is 6.54 Å². The maximum atomic E-state index is 14.0. The number of ether oxygens (including phenoxy) is 1. The molecule has 5 aliphatic rings. The average Bonchev–Trinajstić information content (AvgIpc) is 3.35. The van der Waals surface area contributed by atoms with E-state index in [-0.39, 0.29) is 64.2 Å². The molecule has 9 unspecified atom stereocenters. The van der Waals surface area contributed by atoms with Crippen molar-refractivity contribution in [1.29, 1.82) is 0 Å². The van der Waals surface area contributed by atoms with E-state index in [9.17, 15) is 24.6 Å². The van der Waals surface area contributed by atoms with Gasteiger partial charge in [-0.05, 0) is 108 Å². The highest BCUT2D eigenvalue weighted by molar-refractivity contribution is 6.00. The second kappa shape index (κ2) is 13.7. The van der Waals surface area contributed by atoms with E-state index >= 15 is 0 Å². The number of carboxylic acid groups (broad SMARTS) is 1. The van der Waals surface area contributed by atoms with Crippen LogP contribution >= 0.6 is 0 Å². The lowest BCUT2D eigenvalue weighted by Gasteiger charge is -2.72. The van der Waals surface area contributed by atoms with E-state index in [1.807, 2.05) is 32.0 Å². The summed E-state index contributed by atoms with van der Waals surface area (Å²) in [6.45, 7) is 21.4. The summed E-state index contributed by atoms with van der Waals surface area (Å²) < 4.78 is 6.26. The Morgan fingerprint density at radius 2 is 1.60 bits per heavy atom. The molecule has 4 saturated carbocycles. The topological polar surface area (TPSA) is 113 Å². The molecule has 1 aromatic carbocycles. The SMILES string of the molecule is CC(C)C1=C2C3CCC4C5(C)CCC(OC(=O)CC(C)(C)CC(=O)O)C(C)(C)C5CCC4(C)C3(C)CCC2(C(O)CNCc2ccccc2)CC1=O. The summed E-state index contributed by atoms with van der Waals surface area (Å²) in [4.78, 5) is 38.6. The first-order chi connectivity index (χ1) is 24.2.